The fourth-order valence-electron chi connectivity index (χ4n) is 3.57. The smallest absolute Gasteiger partial charge is 0.226 e. The first-order chi connectivity index (χ1) is 9.90. The van der Waals surface area contributed by atoms with Crippen LogP contribution >= 0.6 is 0 Å². The van der Waals surface area contributed by atoms with Crippen molar-refractivity contribution in [3.63, 3.8) is 0 Å². The topological polar surface area (TPSA) is 92.5 Å². The van der Waals surface area contributed by atoms with Crippen LogP contribution in [0.15, 0.2) is 0 Å². The van der Waals surface area contributed by atoms with E-state index in [0.29, 0.717) is 38.4 Å². The fraction of sp³-hybridized carbons (Fsp3) is 0.929. The van der Waals surface area contributed by atoms with E-state index in [1.165, 1.54) is 12.7 Å². The summed E-state index contributed by atoms with van der Waals surface area (Å²) < 4.78 is 25.1. The highest BCUT2D eigenvalue weighted by Gasteiger charge is 2.34. The van der Waals surface area contributed by atoms with E-state index in [2.05, 4.69) is 4.72 Å². The Morgan fingerprint density at radius 2 is 1.81 bits per heavy atom. The van der Waals surface area contributed by atoms with Gasteiger partial charge in [-0.2, -0.15) is 0 Å². The monoisotopic (exact) mass is 317 g/mol. The molecule has 1 aliphatic heterocycles. The van der Waals surface area contributed by atoms with E-state index in [9.17, 15) is 13.2 Å². The minimum absolute atomic E-state index is 0.0410. The summed E-state index contributed by atoms with van der Waals surface area (Å²) in [6.45, 7) is 1.86. The second kappa shape index (κ2) is 7.07. The van der Waals surface area contributed by atoms with E-state index < -0.39 is 10.0 Å². The Labute approximate surface area is 127 Å². The Hall–Kier alpha value is -0.660. The number of hydrogen-bond donors (Lipinski definition) is 2. The Morgan fingerprint density at radius 1 is 1.19 bits per heavy atom. The van der Waals surface area contributed by atoms with Crippen molar-refractivity contribution in [2.24, 2.45) is 17.6 Å². The zero-order valence-corrected chi connectivity index (χ0v) is 13.6. The number of sulfonamides is 1. The molecule has 6 nitrogen and oxygen atoms in total. The van der Waals surface area contributed by atoms with E-state index in [-0.39, 0.29) is 17.9 Å². The van der Waals surface area contributed by atoms with Gasteiger partial charge in [0, 0.05) is 25.0 Å². The van der Waals surface area contributed by atoms with Gasteiger partial charge in [-0.1, -0.05) is 12.8 Å². The van der Waals surface area contributed by atoms with Crippen LogP contribution in [0.4, 0.5) is 0 Å². The van der Waals surface area contributed by atoms with E-state index >= 15 is 0 Å². The largest absolute Gasteiger partial charge is 0.342 e. The highest BCUT2D eigenvalue weighted by Crippen LogP contribution is 2.31. The maximum atomic E-state index is 12.6. The molecule has 1 amide bonds. The van der Waals surface area contributed by atoms with Gasteiger partial charge in [-0.05, 0) is 38.1 Å². The summed E-state index contributed by atoms with van der Waals surface area (Å²) in [7, 11) is -3.16. The SMILES string of the molecule is CS(=O)(=O)NC1CCN(C(=O)C2CCCCC2CN)CC1. The number of nitrogens with zero attached hydrogens (tertiary/aromatic N) is 1. The van der Waals surface area contributed by atoms with Gasteiger partial charge in [-0.15, -0.1) is 0 Å². The van der Waals surface area contributed by atoms with Crippen LogP contribution in [0.3, 0.4) is 0 Å². The van der Waals surface area contributed by atoms with Crippen LogP contribution in [0.1, 0.15) is 38.5 Å². The first-order valence-electron chi connectivity index (χ1n) is 7.87. The summed E-state index contributed by atoms with van der Waals surface area (Å²) in [6.07, 6.45) is 6.85. The van der Waals surface area contributed by atoms with Crippen molar-refractivity contribution in [1.29, 1.82) is 0 Å². The van der Waals surface area contributed by atoms with Crippen LogP contribution in [-0.4, -0.2) is 51.2 Å². The van der Waals surface area contributed by atoms with E-state index in [0.717, 1.165) is 19.3 Å². The second-order valence-corrected chi connectivity index (χ2v) is 8.16. The molecule has 0 radical (unpaired) electrons. The van der Waals surface area contributed by atoms with Gasteiger partial charge in [0.05, 0.1) is 6.26 Å². The van der Waals surface area contributed by atoms with Crippen molar-refractivity contribution in [1.82, 2.24) is 9.62 Å². The predicted molar refractivity (Wildman–Crippen MR) is 82.1 cm³/mol. The van der Waals surface area contributed by atoms with Crippen LogP contribution in [0, 0.1) is 11.8 Å². The molecule has 1 aliphatic carbocycles. The maximum absolute atomic E-state index is 12.6. The van der Waals surface area contributed by atoms with Crippen molar-refractivity contribution >= 4 is 15.9 Å². The highest BCUT2D eigenvalue weighted by molar-refractivity contribution is 7.88. The Bertz CT molecular complexity index is 458. The molecule has 2 atom stereocenters. The van der Waals surface area contributed by atoms with Crippen LogP contribution < -0.4 is 10.5 Å². The molecule has 122 valence electrons. The third kappa shape index (κ3) is 4.66. The molecule has 7 heteroatoms. The standard InChI is InChI=1S/C14H27N3O3S/c1-21(19,20)16-12-6-8-17(9-7-12)14(18)13-5-3-2-4-11(13)10-15/h11-13,16H,2-10,15H2,1H3. The average molecular weight is 317 g/mol. The van der Waals surface area contributed by atoms with Crippen molar-refractivity contribution in [3.05, 3.63) is 0 Å². The predicted octanol–water partition coefficient (Wildman–Crippen LogP) is 0.292. The van der Waals surface area contributed by atoms with E-state index in [1.54, 1.807) is 0 Å². The molecule has 0 bridgehead atoms. The first kappa shape index (κ1) is 16.7. The molecule has 1 saturated heterocycles. The molecule has 2 rings (SSSR count). The summed E-state index contributed by atoms with van der Waals surface area (Å²) in [5, 5.41) is 0. The van der Waals surface area contributed by atoms with Crippen LogP contribution in [0.25, 0.3) is 0 Å². The van der Waals surface area contributed by atoms with Crippen LogP contribution in [0.5, 0.6) is 0 Å². The zero-order valence-electron chi connectivity index (χ0n) is 12.8. The number of likely N-dealkylation sites (tertiary alicyclic amines) is 1. The number of rotatable bonds is 4. The maximum Gasteiger partial charge on any atom is 0.226 e. The minimum atomic E-state index is -3.16. The lowest BCUT2D eigenvalue weighted by Crippen LogP contribution is -2.49. The summed E-state index contributed by atoms with van der Waals surface area (Å²) >= 11 is 0. The van der Waals surface area contributed by atoms with Gasteiger partial charge in [0.1, 0.15) is 0 Å². The molecule has 2 fully saturated rings. The first-order valence-corrected chi connectivity index (χ1v) is 9.76. The molecular weight excluding hydrogens is 290 g/mol. The third-order valence-corrected chi connectivity index (χ3v) is 5.48. The van der Waals surface area contributed by atoms with Gasteiger partial charge in [0.2, 0.25) is 15.9 Å². The molecular formula is C14H27N3O3S. The third-order valence-electron chi connectivity index (χ3n) is 4.72. The quantitative estimate of drug-likeness (QED) is 0.779. The molecule has 1 heterocycles. The summed E-state index contributed by atoms with van der Waals surface area (Å²) in [5.41, 5.74) is 5.81. The van der Waals surface area contributed by atoms with Crippen molar-refractivity contribution in [2.75, 3.05) is 25.9 Å². The van der Waals surface area contributed by atoms with Crippen LogP contribution in [0.2, 0.25) is 0 Å². The van der Waals surface area contributed by atoms with E-state index in [4.69, 9.17) is 5.73 Å². The number of piperidine rings is 1. The lowest BCUT2D eigenvalue weighted by atomic mass is 9.78. The minimum Gasteiger partial charge on any atom is -0.342 e. The summed E-state index contributed by atoms with van der Waals surface area (Å²) in [5.74, 6) is 0.615. The normalized spacial score (nSPS) is 28.6. The van der Waals surface area contributed by atoms with Gasteiger partial charge in [0.15, 0.2) is 0 Å². The van der Waals surface area contributed by atoms with Crippen molar-refractivity contribution < 1.29 is 13.2 Å². The molecule has 3 N–H and O–H groups in total. The number of hydrogen-bond acceptors (Lipinski definition) is 4. The highest BCUT2D eigenvalue weighted by atomic mass is 32.2. The Morgan fingerprint density at radius 3 is 2.38 bits per heavy atom. The molecule has 1 saturated carbocycles. The Kier molecular flexibility index (Phi) is 5.62. The molecule has 0 aromatic heterocycles. The number of nitrogens with one attached hydrogen (secondary N) is 1. The molecule has 2 aliphatic rings. The number of carbonyl (C=O) groups is 1. The lowest BCUT2D eigenvalue weighted by Gasteiger charge is -2.37. The number of carbonyl (C=O) groups excluding carboxylic acids is 1. The second-order valence-electron chi connectivity index (χ2n) is 6.38. The average Bonchev–Trinajstić information content (AvgIpc) is 2.45. The van der Waals surface area contributed by atoms with Gasteiger partial charge in [0.25, 0.3) is 0 Å². The lowest BCUT2D eigenvalue weighted by molar-refractivity contribution is -0.139. The fourth-order valence-corrected chi connectivity index (χ4v) is 4.41. The zero-order chi connectivity index (χ0) is 15.5. The molecule has 0 spiro atoms. The molecule has 0 aromatic carbocycles. The Balaban J connectivity index is 1.87. The molecule has 21 heavy (non-hydrogen) atoms. The van der Waals surface area contributed by atoms with Gasteiger partial charge >= 0.3 is 0 Å². The van der Waals surface area contributed by atoms with Gasteiger partial charge in [-0.25, -0.2) is 13.1 Å². The van der Waals surface area contributed by atoms with Crippen molar-refractivity contribution in [3.8, 4) is 0 Å². The number of nitrogens with two attached hydrogens (primary N) is 1. The van der Waals surface area contributed by atoms with Crippen molar-refractivity contribution in [2.45, 2.75) is 44.6 Å². The number of amides is 1. The summed E-state index contributed by atoms with van der Waals surface area (Å²) in [6, 6.07) is -0.0410. The molecule has 0 aromatic rings. The van der Waals surface area contributed by atoms with Gasteiger partial charge in [-0.3, -0.25) is 4.79 Å². The summed E-state index contributed by atoms with van der Waals surface area (Å²) in [4.78, 5) is 14.5. The van der Waals surface area contributed by atoms with Crippen LogP contribution in [-0.2, 0) is 14.8 Å². The van der Waals surface area contributed by atoms with E-state index in [1.807, 2.05) is 4.90 Å². The molecule has 2 unspecified atom stereocenters. The van der Waals surface area contributed by atoms with Gasteiger partial charge < -0.3 is 10.6 Å².